The molecule has 0 saturated carbocycles. The largest absolute Gasteiger partial charge is 0.455 e. The van der Waals surface area contributed by atoms with Crippen LogP contribution in [0.4, 0.5) is 5.82 Å². The fraction of sp³-hybridized carbons (Fsp3) is 0.250. The average Bonchev–Trinajstić information content (AvgIpc) is 2.78. The molecule has 0 fully saturated rings. The number of hydrogen-bond donors (Lipinski definition) is 2. The second kappa shape index (κ2) is 5.00. The predicted octanol–water partition coefficient (Wildman–Crippen LogP) is 4.30. The molecule has 4 rings (SSSR count). The quantitative estimate of drug-likeness (QED) is 0.657. The lowest BCUT2D eigenvalue weighted by Gasteiger charge is -2.10. The van der Waals surface area contributed by atoms with Crippen LogP contribution in [0.5, 0.6) is 0 Å². The van der Waals surface area contributed by atoms with Gasteiger partial charge in [0.1, 0.15) is 11.4 Å². The fourth-order valence-corrected chi connectivity index (χ4v) is 3.03. The number of benzene rings is 1. The maximum absolute atomic E-state index is 5.98. The van der Waals surface area contributed by atoms with Crippen molar-refractivity contribution in [3.8, 4) is 11.5 Å². The lowest BCUT2D eigenvalue weighted by molar-refractivity contribution is 0.626. The van der Waals surface area contributed by atoms with Crippen LogP contribution in [0, 0.1) is 4.77 Å². The van der Waals surface area contributed by atoms with Crippen LogP contribution in [0.25, 0.3) is 22.4 Å². The van der Waals surface area contributed by atoms with Gasteiger partial charge in [0.15, 0.2) is 10.5 Å². The molecule has 2 N–H and O–H groups in total. The third kappa shape index (κ3) is 2.23. The first-order valence-corrected chi connectivity index (χ1v) is 7.58. The SMILES string of the molecule is S=c1nc2c(c(-c3cc4ccccc4o3)[nH]1)CCCCN2. The molecule has 0 atom stereocenters. The standard InChI is InChI=1S/C16H15N3OS/c21-16-18-14(11-6-3-4-8-17-15(11)19-16)13-9-10-5-1-2-7-12(10)20-13/h1-2,5,7,9H,3-4,6,8H2,(H2,17,18,19,21). The Morgan fingerprint density at radius 3 is 3.00 bits per heavy atom. The smallest absolute Gasteiger partial charge is 0.199 e. The van der Waals surface area contributed by atoms with Crippen LogP contribution in [-0.2, 0) is 6.42 Å². The third-order valence-electron chi connectivity index (χ3n) is 3.85. The van der Waals surface area contributed by atoms with Crippen molar-refractivity contribution in [1.29, 1.82) is 0 Å². The summed E-state index contributed by atoms with van der Waals surface area (Å²) >= 11 is 5.26. The first-order valence-electron chi connectivity index (χ1n) is 7.17. The van der Waals surface area contributed by atoms with E-state index >= 15 is 0 Å². The number of nitrogens with one attached hydrogen (secondary N) is 2. The summed E-state index contributed by atoms with van der Waals surface area (Å²) in [5.74, 6) is 1.72. The number of hydrogen-bond acceptors (Lipinski definition) is 4. The Hall–Kier alpha value is -2.14. The summed E-state index contributed by atoms with van der Waals surface area (Å²) in [5.41, 5.74) is 3.01. The van der Waals surface area contributed by atoms with Crippen molar-refractivity contribution in [3.05, 3.63) is 40.7 Å². The molecule has 3 aromatic rings. The van der Waals surface area contributed by atoms with Crippen molar-refractivity contribution in [3.63, 3.8) is 0 Å². The molecule has 106 valence electrons. The third-order valence-corrected chi connectivity index (χ3v) is 4.04. The normalized spacial score (nSPS) is 14.5. The Morgan fingerprint density at radius 2 is 2.10 bits per heavy atom. The highest BCUT2D eigenvalue weighted by Crippen LogP contribution is 2.32. The number of fused-ring (bicyclic) bond motifs is 2. The van der Waals surface area contributed by atoms with E-state index in [0.29, 0.717) is 4.77 Å². The van der Waals surface area contributed by atoms with Gasteiger partial charge in [-0.05, 0) is 43.6 Å². The summed E-state index contributed by atoms with van der Waals surface area (Å²) in [5, 5.41) is 4.47. The molecule has 0 unspecified atom stereocenters. The zero-order valence-corrected chi connectivity index (χ0v) is 12.3. The Labute approximate surface area is 127 Å². The first kappa shape index (κ1) is 12.6. The van der Waals surface area contributed by atoms with Crippen LogP contribution >= 0.6 is 12.2 Å². The molecule has 0 aliphatic carbocycles. The van der Waals surface area contributed by atoms with Crippen LogP contribution in [-0.4, -0.2) is 16.5 Å². The van der Waals surface area contributed by atoms with Crippen LogP contribution in [0.3, 0.4) is 0 Å². The van der Waals surface area contributed by atoms with E-state index in [1.165, 1.54) is 5.56 Å². The van der Waals surface area contributed by atoms with Gasteiger partial charge in [0.05, 0.1) is 5.69 Å². The van der Waals surface area contributed by atoms with E-state index in [2.05, 4.69) is 27.4 Å². The Kier molecular flexibility index (Phi) is 3.00. The molecule has 2 aromatic heterocycles. The van der Waals surface area contributed by atoms with Gasteiger partial charge in [-0.2, -0.15) is 0 Å². The van der Waals surface area contributed by atoms with Crippen molar-refractivity contribution in [1.82, 2.24) is 9.97 Å². The van der Waals surface area contributed by atoms with Crippen molar-refractivity contribution < 1.29 is 4.42 Å². The maximum Gasteiger partial charge on any atom is 0.199 e. The summed E-state index contributed by atoms with van der Waals surface area (Å²) in [7, 11) is 0. The summed E-state index contributed by atoms with van der Waals surface area (Å²) in [6.07, 6.45) is 3.26. The Balaban J connectivity index is 1.95. The second-order valence-corrected chi connectivity index (χ2v) is 5.66. The summed E-state index contributed by atoms with van der Waals surface area (Å²) in [6, 6.07) is 10.1. The Morgan fingerprint density at radius 1 is 1.19 bits per heavy atom. The number of aromatic nitrogens is 2. The molecule has 3 heterocycles. The number of para-hydroxylation sites is 1. The molecule has 1 aromatic carbocycles. The Bertz CT molecular complexity index is 832. The number of anilines is 1. The van der Waals surface area contributed by atoms with Crippen LogP contribution in [0.1, 0.15) is 18.4 Å². The zero-order chi connectivity index (χ0) is 14.2. The number of H-pyrrole nitrogens is 1. The van der Waals surface area contributed by atoms with Gasteiger partial charge in [0.2, 0.25) is 0 Å². The maximum atomic E-state index is 5.98. The molecule has 0 amide bonds. The van der Waals surface area contributed by atoms with Gasteiger partial charge in [-0.1, -0.05) is 18.2 Å². The fourth-order valence-electron chi connectivity index (χ4n) is 2.84. The van der Waals surface area contributed by atoms with Gasteiger partial charge < -0.3 is 14.7 Å². The van der Waals surface area contributed by atoms with Crippen LogP contribution in [0.15, 0.2) is 34.7 Å². The highest BCUT2D eigenvalue weighted by atomic mass is 32.1. The van der Waals surface area contributed by atoms with Gasteiger partial charge in [-0.25, -0.2) is 4.98 Å². The van der Waals surface area contributed by atoms with E-state index in [9.17, 15) is 0 Å². The average molecular weight is 297 g/mol. The lowest BCUT2D eigenvalue weighted by atomic mass is 10.1. The van der Waals surface area contributed by atoms with E-state index in [1.54, 1.807) is 0 Å². The molecular weight excluding hydrogens is 282 g/mol. The highest BCUT2D eigenvalue weighted by Gasteiger charge is 2.18. The molecule has 5 heteroatoms. The number of nitrogens with zero attached hydrogens (tertiary/aromatic N) is 1. The van der Waals surface area contributed by atoms with Crippen molar-refractivity contribution in [2.45, 2.75) is 19.3 Å². The minimum Gasteiger partial charge on any atom is -0.455 e. The van der Waals surface area contributed by atoms with E-state index in [4.69, 9.17) is 16.6 Å². The van der Waals surface area contributed by atoms with Gasteiger partial charge >= 0.3 is 0 Å². The van der Waals surface area contributed by atoms with Crippen molar-refractivity contribution in [2.24, 2.45) is 0 Å². The predicted molar refractivity (Wildman–Crippen MR) is 86.1 cm³/mol. The monoisotopic (exact) mass is 297 g/mol. The van der Waals surface area contributed by atoms with E-state index in [1.807, 2.05) is 18.2 Å². The molecule has 0 bridgehead atoms. The molecule has 0 radical (unpaired) electrons. The van der Waals surface area contributed by atoms with Gasteiger partial charge in [-0.3, -0.25) is 0 Å². The highest BCUT2D eigenvalue weighted by molar-refractivity contribution is 7.71. The van der Waals surface area contributed by atoms with Crippen molar-refractivity contribution >= 4 is 29.0 Å². The number of aromatic amines is 1. The topological polar surface area (TPSA) is 53.9 Å². The molecule has 1 aliphatic rings. The van der Waals surface area contributed by atoms with E-state index in [-0.39, 0.29) is 0 Å². The van der Waals surface area contributed by atoms with Gasteiger partial charge in [0.25, 0.3) is 0 Å². The molecule has 4 nitrogen and oxygen atoms in total. The van der Waals surface area contributed by atoms with Gasteiger partial charge in [0, 0.05) is 17.5 Å². The zero-order valence-electron chi connectivity index (χ0n) is 11.5. The molecule has 1 aliphatic heterocycles. The molecule has 0 saturated heterocycles. The number of rotatable bonds is 1. The lowest BCUT2D eigenvalue weighted by Crippen LogP contribution is -2.04. The second-order valence-electron chi connectivity index (χ2n) is 5.28. The molecular formula is C16H15N3OS. The van der Waals surface area contributed by atoms with E-state index in [0.717, 1.165) is 54.0 Å². The van der Waals surface area contributed by atoms with Crippen LogP contribution < -0.4 is 5.32 Å². The number of furan rings is 1. The summed E-state index contributed by atoms with van der Waals surface area (Å²) in [4.78, 5) is 7.63. The van der Waals surface area contributed by atoms with Crippen LogP contribution in [0.2, 0.25) is 0 Å². The van der Waals surface area contributed by atoms with Gasteiger partial charge in [-0.15, -0.1) is 0 Å². The van der Waals surface area contributed by atoms with Crippen molar-refractivity contribution in [2.75, 3.05) is 11.9 Å². The summed E-state index contributed by atoms with van der Waals surface area (Å²) in [6.45, 7) is 0.943. The minimum absolute atomic E-state index is 0.485. The summed E-state index contributed by atoms with van der Waals surface area (Å²) < 4.78 is 6.47. The minimum atomic E-state index is 0.485. The molecule has 21 heavy (non-hydrogen) atoms. The molecule has 0 spiro atoms. The van der Waals surface area contributed by atoms with E-state index < -0.39 is 0 Å². The first-order chi connectivity index (χ1) is 10.3.